The summed E-state index contributed by atoms with van der Waals surface area (Å²) in [7, 11) is 0. The molecule has 2 rings (SSSR count). The third-order valence-corrected chi connectivity index (χ3v) is 3.39. The molecule has 116 valence electrons. The van der Waals surface area contributed by atoms with Crippen molar-refractivity contribution in [1.29, 1.82) is 0 Å². The topological polar surface area (TPSA) is 32.3 Å². The molecule has 0 spiro atoms. The van der Waals surface area contributed by atoms with Gasteiger partial charge in [0.2, 0.25) is 0 Å². The van der Waals surface area contributed by atoms with Crippen LogP contribution in [0.3, 0.4) is 0 Å². The summed E-state index contributed by atoms with van der Waals surface area (Å²) in [6, 6.07) is 4.77. The summed E-state index contributed by atoms with van der Waals surface area (Å²) in [5, 5.41) is 2.43. The quantitative estimate of drug-likeness (QED) is 0.871. The zero-order chi connectivity index (χ0) is 15.5. The van der Waals surface area contributed by atoms with Crippen molar-refractivity contribution in [1.82, 2.24) is 10.2 Å². The fourth-order valence-electron chi connectivity index (χ4n) is 2.36. The van der Waals surface area contributed by atoms with Gasteiger partial charge >= 0.3 is 6.18 Å². The first-order valence-corrected chi connectivity index (χ1v) is 6.70. The number of hydrogen-bond acceptors (Lipinski definition) is 2. The predicted molar refractivity (Wildman–Crippen MR) is 69.4 cm³/mol. The Morgan fingerprint density at radius 2 is 1.95 bits per heavy atom. The third kappa shape index (κ3) is 4.70. The van der Waals surface area contributed by atoms with Crippen LogP contribution in [0.1, 0.15) is 23.2 Å². The van der Waals surface area contributed by atoms with Crippen LogP contribution >= 0.6 is 0 Å². The zero-order valence-electron chi connectivity index (χ0n) is 11.3. The van der Waals surface area contributed by atoms with Crippen molar-refractivity contribution in [2.75, 3.05) is 19.6 Å². The van der Waals surface area contributed by atoms with Gasteiger partial charge in [-0.15, -0.1) is 0 Å². The standard InChI is InChI=1S/C14H16F4N2O/c15-11-5-3-10(4-6-11)13(21)20-7-1-2-12(8-20)19-9-14(16,17)18/h3-6,12,19H,1-2,7-9H2. The molecule has 1 heterocycles. The van der Waals surface area contributed by atoms with Crippen LogP contribution in [0.25, 0.3) is 0 Å². The summed E-state index contributed by atoms with van der Waals surface area (Å²) in [5.41, 5.74) is 0.341. The minimum atomic E-state index is -4.26. The van der Waals surface area contributed by atoms with Gasteiger partial charge in [-0.25, -0.2) is 4.39 Å². The molecule has 1 saturated heterocycles. The minimum Gasteiger partial charge on any atom is -0.337 e. The second-order valence-corrected chi connectivity index (χ2v) is 5.09. The average Bonchev–Trinajstić information content (AvgIpc) is 2.45. The lowest BCUT2D eigenvalue weighted by molar-refractivity contribution is -0.126. The van der Waals surface area contributed by atoms with Gasteiger partial charge in [-0.1, -0.05) is 0 Å². The van der Waals surface area contributed by atoms with Gasteiger partial charge in [0, 0.05) is 24.7 Å². The van der Waals surface area contributed by atoms with E-state index < -0.39 is 18.5 Å². The molecule has 21 heavy (non-hydrogen) atoms. The van der Waals surface area contributed by atoms with Crippen LogP contribution in [0.4, 0.5) is 17.6 Å². The summed E-state index contributed by atoms with van der Waals surface area (Å²) in [6.45, 7) is -0.330. The highest BCUT2D eigenvalue weighted by Gasteiger charge is 2.30. The van der Waals surface area contributed by atoms with E-state index in [0.717, 1.165) is 0 Å². The highest BCUT2D eigenvalue weighted by atomic mass is 19.4. The fourth-order valence-corrected chi connectivity index (χ4v) is 2.36. The van der Waals surface area contributed by atoms with Crippen molar-refractivity contribution in [3.63, 3.8) is 0 Å². The van der Waals surface area contributed by atoms with E-state index >= 15 is 0 Å². The van der Waals surface area contributed by atoms with E-state index in [9.17, 15) is 22.4 Å². The molecule has 0 aromatic heterocycles. The molecular weight excluding hydrogens is 288 g/mol. The van der Waals surface area contributed by atoms with Crippen LogP contribution in [0.5, 0.6) is 0 Å². The first-order chi connectivity index (χ1) is 9.85. The molecule has 1 aromatic carbocycles. The van der Waals surface area contributed by atoms with Crippen molar-refractivity contribution in [2.24, 2.45) is 0 Å². The number of carbonyl (C=O) groups excluding carboxylic acids is 1. The first kappa shape index (κ1) is 15.8. The van der Waals surface area contributed by atoms with Crippen LogP contribution in [0.2, 0.25) is 0 Å². The molecule has 0 bridgehead atoms. The summed E-state index contributed by atoms with van der Waals surface area (Å²) in [6.07, 6.45) is -3.02. The maximum Gasteiger partial charge on any atom is 0.401 e. The predicted octanol–water partition coefficient (Wildman–Crippen LogP) is 2.58. The van der Waals surface area contributed by atoms with Gasteiger partial charge in [-0.3, -0.25) is 4.79 Å². The molecule has 3 nitrogen and oxygen atoms in total. The number of alkyl halides is 3. The van der Waals surface area contributed by atoms with Gasteiger partial charge in [0.25, 0.3) is 5.91 Å². The molecule has 1 fully saturated rings. The molecule has 1 unspecified atom stereocenters. The van der Waals surface area contributed by atoms with E-state index in [1.165, 1.54) is 29.2 Å². The molecule has 0 radical (unpaired) electrons. The molecular formula is C14H16F4N2O. The number of nitrogens with zero attached hydrogens (tertiary/aromatic N) is 1. The number of piperidine rings is 1. The summed E-state index contributed by atoms with van der Waals surface area (Å²) in [4.78, 5) is 13.7. The normalized spacial score (nSPS) is 19.6. The average molecular weight is 304 g/mol. The molecule has 0 saturated carbocycles. The smallest absolute Gasteiger partial charge is 0.337 e. The van der Waals surface area contributed by atoms with E-state index in [4.69, 9.17) is 0 Å². The molecule has 1 aliphatic rings. The maximum atomic E-state index is 12.8. The Morgan fingerprint density at radius 3 is 2.57 bits per heavy atom. The highest BCUT2D eigenvalue weighted by molar-refractivity contribution is 5.94. The zero-order valence-corrected chi connectivity index (χ0v) is 11.3. The van der Waals surface area contributed by atoms with Crippen molar-refractivity contribution in [3.05, 3.63) is 35.6 Å². The molecule has 0 aliphatic carbocycles. The van der Waals surface area contributed by atoms with Crippen molar-refractivity contribution >= 4 is 5.91 Å². The second-order valence-electron chi connectivity index (χ2n) is 5.09. The number of halogens is 4. The van der Waals surface area contributed by atoms with Crippen molar-refractivity contribution in [2.45, 2.75) is 25.1 Å². The maximum absolute atomic E-state index is 12.8. The number of amides is 1. The summed E-state index contributed by atoms with van der Waals surface area (Å²) < 4.78 is 49.4. The lowest BCUT2D eigenvalue weighted by Crippen LogP contribution is -2.49. The van der Waals surface area contributed by atoms with Crippen LogP contribution in [-0.4, -0.2) is 42.7 Å². The van der Waals surface area contributed by atoms with Crippen molar-refractivity contribution < 1.29 is 22.4 Å². The van der Waals surface area contributed by atoms with Gasteiger partial charge in [0.15, 0.2) is 0 Å². The Balaban J connectivity index is 1.94. The highest BCUT2D eigenvalue weighted by Crippen LogP contribution is 2.17. The molecule has 7 heteroatoms. The largest absolute Gasteiger partial charge is 0.401 e. The molecule has 1 N–H and O–H groups in total. The van der Waals surface area contributed by atoms with Crippen molar-refractivity contribution in [3.8, 4) is 0 Å². The molecule has 1 amide bonds. The second kappa shape index (κ2) is 6.43. The fraction of sp³-hybridized carbons (Fsp3) is 0.500. The SMILES string of the molecule is O=C(c1ccc(F)cc1)N1CCCC(NCC(F)(F)F)C1. The Kier molecular flexibility index (Phi) is 4.82. The lowest BCUT2D eigenvalue weighted by Gasteiger charge is -2.33. The van der Waals surface area contributed by atoms with E-state index in [0.29, 0.717) is 24.9 Å². The number of nitrogens with one attached hydrogen (secondary N) is 1. The van der Waals surface area contributed by atoms with E-state index in [-0.39, 0.29) is 18.5 Å². The molecule has 1 aromatic rings. The van der Waals surface area contributed by atoms with Crippen LogP contribution in [0.15, 0.2) is 24.3 Å². The van der Waals surface area contributed by atoms with Gasteiger partial charge < -0.3 is 10.2 Å². The Bertz CT molecular complexity index is 487. The van der Waals surface area contributed by atoms with Crippen LogP contribution in [0, 0.1) is 5.82 Å². The van der Waals surface area contributed by atoms with E-state index in [1.807, 2.05) is 0 Å². The van der Waals surface area contributed by atoms with Gasteiger partial charge in [-0.2, -0.15) is 13.2 Å². The van der Waals surface area contributed by atoms with Gasteiger partial charge in [0.05, 0.1) is 6.54 Å². The van der Waals surface area contributed by atoms with Gasteiger partial charge in [0.1, 0.15) is 5.82 Å². The third-order valence-electron chi connectivity index (χ3n) is 3.39. The summed E-state index contributed by atoms with van der Waals surface area (Å²) >= 11 is 0. The molecule has 1 aliphatic heterocycles. The number of rotatable bonds is 3. The number of benzene rings is 1. The summed E-state index contributed by atoms with van der Waals surface area (Å²) in [5.74, 6) is -0.719. The number of carbonyl (C=O) groups is 1. The molecule has 1 atom stereocenters. The minimum absolute atomic E-state index is 0.228. The monoisotopic (exact) mass is 304 g/mol. The lowest BCUT2D eigenvalue weighted by atomic mass is 10.0. The van der Waals surface area contributed by atoms with E-state index in [2.05, 4.69) is 5.32 Å². The Labute approximate surface area is 119 Å². The Hall–Kier alpha value is -1.63. The van der Waals surface area contributed by atoms with Gasteiger partial charge in [-0.05, 0) is 37.1 Å². The first-order valence-electron chi connectivity index (χ1n) is 6.70. The van der Waals surface area contributed by atoms with E-state index in [1.54, 1.807) is 0 Å². The Morgan fingerprint density at radius 1 is 1.29 bits per heavy atom. The van der Waals surface area contributed by atoms with Crippen LogP contribution in [-0.2, 0) is 0 Å². The number of hydrogen-bond donors (Lipinski definition) is 1. The number of likely N-dealkylation sites (tertiary alicyclic amines) is 1. The van der Waals surface area contributed by atoms with Crippen LogP contribution < -0.4 is 5.32 Å².